The standard InChI is InChI=1S/C13H26N2/c1-11-6-7-12(9-11)15-10-13-5-3-2-4-8-14-13/h11-15H,2-10H2,1H3. The van der Waals surface area contributed by atoms with Crippen molar-refractivity contribution in [1.82, 2.24) is 10.6 Å². The van der Waals surface area contributed by atoms with Gasteiger partial charge in [-0.25, -0.2) is 0 Å². The third-order valence-electron chi connectivity index (χ3n) is 4.01. The molecule has 3 atom stereocenters. The molecule has 1 saturated carbocycles. The molecule has 0 aromatic heterocycles. The van der Waals surface area contributed by atoms with Gasteiger partial charge in [-0.05, 0) is 44.6 Å². The largest absolute Gasteiger partial charge is 0.313 e. The predicted octanol–water partition coefficient (Wildman–Crippen LogP) is 2.30. The highest BCUT2D eigenvalue weighted by atomic mass is 15.0. The monoisotopic (exact) mass is 210 g/mol. The van der Waals surface area contributed by atoms with Crippen LogP contribution in [-0.4, -0.2) is 25.2 Å². The first-order valence-corrected chi connectivity index (χ1v) is 6.81. The van der Waals surface area contributed by atoms with Crippen molar-refractivity contribution < 1.29 is 0 Å². The molecule has 1 heterocycles. The maximum atomic E-state index is 3.75. The van der Waals surface area contributed by atoms with Crippen LogP contribution in [-0.2, 0) is 0 Å². The third-order valence-corrected chi connectivity index (χ3v) is 4.01. The molecule has 2 heteroatoms. The van der Waals surface area contributed by atoms with Gasteiger partial charge in [-0.2, -0.15) is 0 Å². The Morgan fingerprint density at radius 2 is 2.07 bits per heavy atom. The van der Waals surface area contributed by atoms with Gasteiger partial charge in [0.2, 0.25) is 0 Å². The molecule has 2 aliphatic rings. The van der Waals surface area contributed by atoms with E-state index in [0.717, 1.165) is 18.0 Å². The van der Waals surface area contributed by atoms with Crippen molar-refractivity contribution in [1.29, 1.82) is 0 Å². The van der Waals surface area contributed by atoms with Gasteiger partial charge >= 0.3 is 0 Å². The summed E-state index contributed by atoms with van der Waals surface area (Å²) in [6.45, 7) is 4.80. The van der Waals surface area contributed by atoms with Gasteiger partial charge in [0.1, 0.15) is 0 Å². The molecule has 0 radical (unpaired) electrons. The van der Waals surface area contributed by atoms with Crippen molar-refractivity contribution >= 4 is 0 Å². The molecule has 2 nitrogen and oxygen atoms in total. The zero-order valence-corrected chi connectivity index (χ0v) is 10.1. The highest BCUT2D eigenvalue weighted by molar-refractivity contribution is 4.81. The van der Waals surface area contributed by atoms with E-state index in [0.29, 0.717) is 0 Å². The molecule has 3 unspecified atom stereocenters. The molecule has 2 N–H and O–H groups in total. The summed E-state index contributed by atoms with van der Waals surface area (Å²) in [5.74, 6) is 0.949. The van der Waals surface area contributed by atoms with Gasteiger partial charge in [0.25, 0.3) is 0 Å². The predicted molar refractivity (Wildman–Crippen MR) is 65.1 cm³/mol. The fourth-order valence-electron chi connectivity index (χ4n) is 2.98. The van der Waals surface area contributed by atoms with Crippen LogP contribution in [0, 0.1) is 5.92 Å². The molecule has 15 heavy (non-hydrogen) atoms. The number of hydrogen-bond donors (Lipinski definition) is 2. The molecule has 2 fully saturated rings. The highest BCUT2D eigenvalue weighted by Gasteiger charge is 2.21. The molecule has 0 aromatic rings. The van der Waals surface area contributed by atoms with E-state index in [1.165, 1.54) is 58.0 Å². The second kappa shape index (κ2) is 5.86. The first-order valence-electron chi connectivity index (χ1n) is 6.81. The lowest BCUT2D eigenvalue weighted by molar-refractivity contribution is 0.422. The van der Waals surface area contributed by atoms with Crippen LogP contribution >= 0.6 is 0 Å². The zero-order chi connectivity index (χ0) is 10.5. The van der Waals surface area contributed by atoms with Gasteiger partial charge in [0.05, 0.1) is 0 Å². The van der Waals surface area contributed by atoms with Gasteiger partial charge in [-0.15, -0.1) is 0 Å². The Hall–Kier alpha value is -0.0800. The Labute approximate surface area is 94.2 Å². The van der Waals surface area contributed by atoms with E-state index in [1.807, 2.05) is 0 Å². The SMILES string of the molecule is CC1CCC(NCC2CCCCCN2)C1. The molecule has 88 valence electrons. The lowest BCUT2D eigenvalue weighted by Gasteiger charge is -2.19. The maximum absolute atomic E-state index is 3.75. The fourth-order valence-corrected chi connectivity index (χ4v) is 2.98. The summed E-state index contributed by atoms with van der Waals surface area (Å²) < 4.78 is 0. The Kier molecular flexibility index (Phi) is 4.45. The summed E-state index contributed by atoms with van der Waals surface area (Å²) in [4.78, 5) is 0. The second-order valence-electron chi connectivity index (χ2n) is 5.52. The average Bonchev–Trinajstić information content (AvgIpc) is 2.52. The van der Waals surface area contributed by atoms with Crippen molar-refractivity contribution in [3.8, 4) is 0 Å². The van der Waals surface area contributed by atoms with Gasteiger partial charge in [0, 0.05) is 18.6 Å². The topological polar surface area (TPSA) is 24.1 Å². The van der Waals surface area contributed by atoms with Crippen LogP contribution < -0.4 is 10.6 Å². The second-order valence-corrected chi connectivity index (χ2v) is 5.52. The van der Waals surface area contributed by atoms with E-state index in [1.54, 1.807) is 0 Å². The first-order chi connectivity index (χ1) is 7.34. The van der Waals surface area contributed by atoms with E-state index in [9.17, 15) is 0 Å². The molecule has 0 aromatic carbocycles. The molecule has 1 saturated heterocycles. The first kappa shape index (κ1) is 11.4. The molecule has 0 amide bonds. The molecule has 2 rings (SSSR count). The van der Waals surface area contributed by atoms with Gasteiger partial charge in [0.15, 0.2) is 0 Å². The smallest absolute Gasteiger partial charge is 0.0192 e. The van der Waals surface area contributed by atoms with Crippen LogP contribution in [0.25, 0.3) is 0 Å². The van der Waals surface area contributed by atoms with Crippen molar-refractivity contribution in [3.05, 3.63) is 0 Å². The van der Waals surface area contributed by atoms with Gasteiger partial charge in [-0.1, -0.05) is 19.8 Å². The number of hydrogen-bond acceptors (Lipinski definition) is 2. The minimum absolute atomic E-state index is 0.739. The Balaban J connectivity index is 1.63. The van der Waals surface area contributed by atoms with E-state index in [2.05, 4.69) is 17.6 Å². The lowest BCUT2D eigenvalue weighted by atomic mass is 10.1. The summed E-state index contributed by atoms with van der Waals surface area (Å²) in [5, 5.41) is 7.40. The summed E-state index contributed by atoms with van der Waals surface area (Å²) in [6.07, 6.45) is 9.80. The summed E-state index contributed by atoms with van der Waals surface area (Å²) >= 11 is 0. The van der Waals surface area contributed by atoms with Crippen LogP contribution in [0.5, 0.6) is 0 Å². The minimum atomic E-state index is 0.739. The van der Waals surface area contributed by atoms with E-state index < -0.39 is 0 Å². The third kappa shape index (κ3) is 3.76. The summed E-state index contributed by atoms with van der Waals surface area (Å²) in [5.41, 5.74) is 0. The number of rotatable bonds is 3. The Morgan fingerprint density at radius 1 is 1.13 bits per heavy atom. The number of nitrogens with one attached hydrogen (secondary N) is 2. The van der Waals surface area contributed by atoms with Gasteiger partial charge < -0.3 is 10.6 Å². The summed E-state index contributed by atoms with van der Waals surface area (Å²) in [6, 6.07) is 1.55. The molecule has 1 aliphatic carbocycles. The minimum Gasteiger partial charge on any atom is -0.313 e. The van der Waals surface area contributed by atoms with Crippen LogP contribution in [0.2, 0.25) is 0 Å². The van der Waals surface area contributed by atoms with Crippen molar-refractivity contribution in [2.75, 3.05) is 13.1 Å². The van der Waals surface area contributed by atoms with Crippen molar-refractivity contribution in [2.45, 2.75) is 64.0 Å². The molecule has 0 spiro atoms. The normalized spacial score (nSPS) is 37.8. The van der Waals surface area contributed by atoms with Crippen LogP contribution in [0.4, 0.5) is 0 Å². The van der Waals surface area contributed by atoms with Gasteiger partial charge in [-0.3, -0.25) is 0 Å². The van der Waals surface area contributed by atoms with Crippen molar-refractivity contribution in [2.24, 2.45) is 5.92 Å². The molecule has 1 aliphatic heterocycles. The van der Waals surface area contributed by atoms with Crippen LogP contribution in [0.1, 0.15) is 51.9 Å². The Bertz CT molecular complexity index is 173. The Morgan fingerprint density at radius 3 is 2.87 bits per heavy atom. The molecular formula is C13H26N2. The zero-order valence-electron chi connectivity index (χ0n) is 10.1. The lowest BCUT2D eigenvalue weighted by Crippen LogP contribution is -2.41. The van der Waals surface area contributed by atoms with Crippen molar-refractivity contribution in [3.63, 3.8) is 0 Å². The molecular weight excluding hydrogens is 184 g/mol. The van der Waals surface area contributed by atoms with E-state index in [4.69, 9.17) is 0 Å². The average molecular weight is 210 g/mol. The summed E-state index contributed by atoms with van der Waals surface area (Å²) in [7, 11) is 0. The highest BCUT2D eigenvalue weighted by Crippen LogP contribution is 2.24. The van der Waals surface area contributed by atoms with Crippen LogP contribution in [0.15, 0.2) is 0 Å². The quantitative estimate of drug-likeness (QED) is 0.747. The molecule has 0 bridgehead atoms. The maximum Gasteiger partial charge on any atom is 0.0192 e. The fraction of sp³-hybridized carbons (Fsp3) is 1.00. The van der Waals surface area contributed by atoms with Crippen LogP contribution in [0.3, 0.4) is 0 Å². The van der Waals surface area contributed by atoms with E-state index >= 15 is 0 Å². The van der Waals surface area contributed by atoms with E-state index in [-0.39, 0.29) is 0 Å².